The Kier molecular flexibility index (Phi) is 9.82. The highest BCUT2D eigenvalue weighted by Crippen LogP contribution is 2.40. The number of aromatic hydroxyl groups is 1. The van der Waals surface area contributed by atoms with Crippen molar-refractivity contribution in [3.8, 4) is 5.75 Å². The van der Waals surface area contributed by atoms with Crippen molar-refractivity contribution in [2.24, 2.45) is 11.8 Å². The SMILES string of the molecule is Br.CC(=O)N1CCC(CCC2CCN(CC(=O)c3cc(C(C)(C)C)c(O)c(C(C)(C)C)c3)C2=N)CC1. The van der Waals surface area contributed by atoms with E-state index in [1.54, 1.807) is 6.92 Å². The minimum Gasteiger partial charge on any atom is -0.507 e. The van der Waals surface area contributed by atoms with E-state index in [0.29, 0.717) is 17.3 Å². The highest BCUT2D eigenvalue weighted by atomic mass is 79.9. The van der Waals surface area contributed by atoms with Crippen LogP contribution in [-0.4, -0.2) is 58.6 Å². The number of rotatable bonds is 6. The average molecular weight is 565 g/mol. The fourth-order valence-electron chi connectivity index (χ4n) is 5.45. The van der Waals surface area contributed by atoms with Crippen LogP contribution in [0.1, 0.15) is 102 Å². The van der Waals surface area contributed by atoms with E-state index in [1.807, 2.05) is 63.5 Å². The second kappa shape index (κ2) is 11.7. The van der Waals surface area contributed by atoms with Crippen molar-refractivity contribution in [1.82, 2.24) is 9.80 Å². The maximum atomic E-state index is 13.4. The summed E-state index contributed by atoms with van der Waals surface area (Å²) < 4.78 is 0. The lowest BCUT2D eigenvalue weighted by atomic mass is 9.78. The van der Waals surface area contributed by atoms with Gasteiger partial charge >= 0.3 is 0 Å². The Balaban J connectivity index is 0.00000456. The van der Waals surface area contributed by atoms with Gasteiger partial charge in [0.1, 0.15) is 5.75 Å². The number of phenolic OH excluding ortho intramolecular Hbond substituents is 1. The zero-order valence-electron chi connectivity index (χ0n) is 23.2. The number of carbonyl (C=O) groups is 2. The number of hydrogen-bond donors (Lipinski definition) is 2. The van der Waals surface area contributed by atoms with Gasteiger partial charge in [-0.2, -0.15) is 0 Å². The lowest BCUT2D eigenvalue weighted by molar-refractivity contribution is -0.130. The van der Waals surface area contributed by atoms with Gasteiger partial charge in [-0.05, 0) is 61.0 Å². The van der Waals surface area contributed by atoms with Crippen LogP contribution in [0.4, 0.5) is 0 Å². The number of Topliss-reactive ketones (excluding diaryl/α,β-unsaturated/α-hetero) is 1. The lowest BCUT2D eigenvalue weighted by Gasteiger charge is -2.31. The summed E-state index contributed by atoms with van der Waals surface area (Å²) in [6, 6.07) is 3.69. The van der Waals surface area contributed by atoms with E-state index in [0.717, 1.165) is 62.9 Å². The van der Waals surface area contributed by atoms with Gasteiger partial charge in [-0.3, -0.25) is 15.0 Å². The molecule has 1 amide bonds. The summed E-state index contributed by atoms with van der Waals surface area (Å²) >= 11 is 0. The topological polar surface area (TPSA) is 84.7 Å². The molecule has 1 atom stereocenters. The molecule has 2 aliphatic heterocycles. The summed E-state index contributed by atoms with van der Waals surface area (Å²) in [6.45, 7) is 16.6. The third-order valence-electron chi connectivity index (χ3n) is 7.84. The number of likely N-dealkylation sites (tertiary alicyclic amines) is 2. The Hall–Kier alpha value is -1.89. The largest absolute Gasteiger partial charge is 0.507 e. The summed E-state index contributed by atoms with van der Waals surface area (Å²) in [4.78, 5) is 28.8. The second-order valence-corrected chi connectivity index (χ2v) is 12.7. The van der Waals surface area contributed by atoms with Crippen molar-refractivity contribution < 1.29 is 14.7 Å². The second-order valence-electron chi connectivity index (χ2n) is 12.7. The predicted octanol–water partition coefficient (Wildman–Crippen LogP) is 6.09. The van der Waals surface area contributed by atoms with E-state index in [-0.39, 0.29) is 57.7 Å². The van der Waals surface area contributed by atoms with Crippen LogP contribution in [0.15, 0.2) is 12.1 Å². The Morgan fingerprint density at radius 2 is 1.47 bits per heavy atom. The number of nitrogens with one attached hydrogen (secondary N) is 1. The van der Waals surface area contributed by atoms with E-state index in [1.165, 1.54) is 0 Å². The van der Waals surface area contributed by atoms with Crippen molar-refractivity contribution in [2.45, 2.75) is 91.4 Å². The summed E-state index contributed by atoms with van der Waals surface area (Å²) in [6.07, 6.45) is 5.09. The summed E-state index contributed by atoms with van der Waals surface area (Å²) in [5.74, 6) is 1.87. The predicted molar refractivity (Wildman–Crippen MR) is 152 cm³/mol. The molecule has 0 spiro atoms. The molecule has 0 radical (unpaired) electrons. The van der Waals surface area contributed by atoms with E-state index in [4.69, 9.17) is 5.41 Å². The zero-order valence-corrected chi connectivity index (χ0v) is 25.0. The Labute approximate surface area is 228 Å². The third-order valence-corrected chi connectivity index (χ3v) is 7.84. The van der Waals surface area contributed by atoms with Crippen LogP contribution in [0.5, 0.6) is 5.75 Å². The van der Waals surface area contributed by atoms with Gasteiger partial charge in [0.15, 0.2) is 5.78 Å². The van der Waals surface area contributed by atoms with Crippen molar-refractivity contribution in [3.05, 3.63) is 28.8 Å². The molecule has 2 saturated heterocycles. The molecule has 0 saturated carbocycles. The summed E-state index contributed by atoms with van der Waals surface area (Å²) in [5, 5.41) is 19.7. The van der Waals surface area contributed by atoms with Gasteiger partial charge < -0.3 is 14.9 Å². The number of hydrogen-bond acceptors (Lipinski definition) is 4. The van der Waals surface area contributed by atoms with Crippen LogP contribution in [0.2, 0.25) is 0 Å². The molecule has 2 heterocycles. The minimum atomic E-state index is -0.285. The van der Waals surface area contributed by atoms with Gasteiger partial charge in [0.05, 0.1) is 12.4 Å². The highest BCUT2D eigenvalue weighted by Gasteiger charge is 2.32. The molecule has 2 N–H and O–H groups in total. The van der Waals surface area contributed by atoms with E-state index >= 15 is 0 Å². The molecule has 7 heteroatoms. The molecule has 202 valence electrons. The Bertz CT molecular complexity index is 934. The first kappa shape index (κ1) is 30.3. The average Bonchev–Trinajstić information content (AvgIpc) is 3.10. The number of amidine groups is 1. The molecular weight excluding hydrogens is 518 g/mol. The monoisotopic (exact) mass is 563 g/mol. The summed E-state index contributed by atoms with van der Waals surface area (Å²) in [7, 11) is 0. The van der Waals surface area contributed by atoms with Gasteiger partial charge in [-0.1, -0.05) is 41.5 Å². The zero-order chi connectivity index (χ0) is 26.1. The number of halogens is 1. The first-order valence-corrected chi connectivity index (χ1v) is 13.2. The van der Waals surface area contributed by atoms with Gasteiger partial charge in [0.25, 0.3) is 0 Å². The molecule has 1 aromatic rings. The minimum absolute atomic E-state index is 0. The van der Waals surface area contributed by atoms with Crippen LogP contribution in [0.25, 0.3) is 0 Å². The normalized spacial score (nSPS) is 19.4. The van der Waals surface area contributed by atoms with Gasteiger partial charge in [-0.15, -0.1) is 17.0 Å². The van der Waals surface area contributed by atoms with Crippen LogP contribution >= 0.6 is 17.0 Å². The van der Waals surface area contributed by atoms with Crippen LogP contribution in [0, 0.1) is 17.2 Å². The van der Waals surface area contributed by atoms with E-state index in [2.05, 4.69) is 0 Å². The number of benzene rings is 1. The van der Waals surface area contributed by atoms with Gasteiger partial charge in [0.2, 0.25) is 5.91 Å². The first-order valence-electron chi connectivity index (χ1n) is 13.2. The molecule has 6 nitrogen and oxygen atoms in total. The quantitative estimate of drug-likeness (QED) is 0.410. The van der Waals surface area contributed by atoms with Crippen LogP contribution in [0.3, 0.4) is 0 Å². The number of amides is 1. The molecule has 1 aromatic carbocycles. The Morgan fingerprint density at radius 3 is 1.94 bits per heavy atom. The number of ketones is 1. The molecule has 36 heavy (non-hydrogen) atoms. The number of phenols is 1. The molecule has 2 aliphatic rings. The van der Waals surface area contributed by atoms with Gasteiger partial charge in [-0.25, -0.2) is 0 Å². The van der Waals surface area contributed by atoms with Gasteiger partial charge in [0, 0.05) is 49.2 Å². The lowest BCUT2D eigenvalue weighted by Crippen LogP contribution is -2.37. The van der Waals surface area contributed by atoms with Crippen LogP contribution < -0.4 is 0 Å². The smallest absolute Gasteiger partial charge is 0.219 e. The van der Waals surface area contributed by atoms with Crippen LogP contribution in [-0.2, 0) is 15.6 Å². The standard InChI is InChI=1S/C29H45N3O3.BrH/c1-19(33)31-13-10-20(11-14-31)8-9-21-12-15-32(27(21)30)18-25(34)22-16-23(28(2,3)4)26(35)24(17-22)29(5,6)7;/h16-17,20-21,30,35H,8-15,18H2,1-7H3;1H. The van der Waals surface area contributed by atoms with Crippen molar-refractivity contribution >= 4 is 34.5 Å². The van der Waals surface area contributed by atoms with E-state index < -0.39 is 0 Å². The molecule has 0 aromatic heterocycles. The molecule has 0 aliphatic carbocycles. The van der Waals surface area contributed by atoms with Crippen molar-refractivity contribution in [1.29, 1.82) is 5.41 Å². The number of piperidine rings is 1. The molecule has 1 unspecified atom stereocenters. The maximum Gasteiger partial charge on any atom is 0.219 e. The number of carbonyl (C=O) groups excluding carboxylic acids is 2. The summed E-state index contributed by atoms with van der Waals surface area (Å²) in [5.41, 5.74) is 1.63. The fourth-order valence-corrected chi connectivity index (χ4v) is 5.45. The Morgan fingerprint density at radius 1 is 0.944 bits per heavy atom. The fraction of sp³-hybridized carbons (Fsp3) is 0.690. The van der Waals surface area contributed by atoms with E-state index in [9.17, 15) is 14.7 Å². The molecular formula is C29H46BrN3O3. The third kappa shape index (κ3) is 7.11. The first-order chi connectivity index (χ1) is 16.2. The van der Waals surface area contributed by atoms with Crippen molar-refractivity contribution in [2.75, 3.05) is 26.2 Å². The molecule has 2 fully saturated rings. The molecule has 3 rings (SSSR count). The van der Waals surface area contributed by atoms with Crippen molar-refractivity contribution in [3.63, 3.8) is 0 Å². The number of nitrogens with zero attached hydrogens (tertiary/aromatic N) is 2. The highest BCUT2D eigenvalue weighted by molar-refractivity contribution is 8.93. The molecule has 0 bridgehead atoms. The maximum absolute atomic E-state index is 13.4.